The molecule has 0 saturated heterocycles. The highest BCUT2D eigenvalue weighted by molar-refractivity contribution is 5.88. The zero-order valence-corrected chi connectivity index (χ0v) is 12.4. The van der Waals surface area contributed by atoms with E-state index in [-0.39, 0.29) is 11.0 Å². The van der Waals surface area contributed by atoms with Crippen molar-refractivity contribution in [3.63, 3.8) is 0 Å². The minimum atomic E-state index is -1.07. The number of aromatic carboxylic acids is 1. The van der Waals surface area contributed by atoms with Crippen LogP contribution in [0.25, 0.3) is 11.5 Å². The molecule has 2 heterocycles. The van der Waals surface area contributed by atoms with Gasteiger partial charge in [0.25, 0.3) is 0 Å². The number of carboxylic acids is 1. The number of tetrazole rings is 1. The van der Waals surface area contributed by atoms with E-state index < -0.39 is 5.97 Å². The lowest BCUT2D eigenvalue weighted by Gasteiger charge is -2.15. The summed E-state index contributed by atoms with van der Waals surface area (Å²) < 4.78 is 5.16. The molecule has 0 amide bonds. The van der Waals surface area contributed by atoms with Gasteiger partial charge in [0.2, 0.25) is 5.82 Å². The van der Waals surface area contributed by atoms with Gasteiger partial charge in [-0.2, -0.15) is 4.80 Å². The van der Waals surface area contributed by atoms with Crippen LogP contribution in [0.1, 0.15) is 31.1 Å². The van der Waals surface area contributed by atoms with Crippen molar-refractivity contribution in [2.24, 2.45) is 5.41 Å². The van der Waals surface area contributed by atoms with E-state index in [1.165, 1.54) is 24.2 Å². The van der Waals surface area contributed by atoms with Crippen LogP contribution in [0, 0.1) is 5.41 Å². The maximum absolute atomic E-state index is 10.9. The minimum Gasteiger partial charge on any atom is -0.494 e. The van der Waals surface area contributed by atoms with Crippen LogP contribution in [0.4, 0.5) is 0 Å². The van der Waals surface area contributed by atoms with Crippen LogP contribution in [0.5, 0.6) is 5.75 Å². The lowest BCUT2D eigenvalue weighted by molar-refractivity contribution is 0.0696. The molecule has 21 heavy (non-hydrogen) atoms. The van der Waals surface area contributed by atoms with Crippen LogP contribution in [-0.2, 0) is 6.54 Å². The highest BCUT2D eigenvalue weighted by atomic mass is 16.5. The number of carboxylic acid groups (broad SMARTS) is 1. The van der Waals surface area contributed by atoms with Gasteiger partial charge in [-0.3, -0.25) is 0 Å². The number of ether oxygens (including phenoxy) is 1. The topological polar surface area (TPSA) is 103 Å². The quantitative estimate of drug-likeness (QED) is 0.910. The number of rotatable bonds is 4. The van der Waals surface area contributed by atoms with E-state index in [0.29, 0.717) is 23.8 Å². The molecule has 1 N–H and O–H groups in total. The second kappa shape index (κ2) is 5.47. The Balaban J connectivity index is 2.36. The summed E-state index contributed by atoms with van der Waals surface area (Å²) in [5.41, 5.74) is 0.420. The number of carbonyl (C=O) groups is 1. The van der Waals surface area contributed by atoms with Crippen LogP contribution >= 0.6 is 0 Å². The Kier molecular flexibility index (Phi) is 3.88. The van der Waals surface area contributed by atoms with E-state index in [1.807, 2.05) is 0 Å². The second-order valence-corrected chi connectivity index (χ2v) is 5.78. The van der Waals surface area contributed by atoms with Crippen LogP contribution in [0.3, 0.4) is 0 Å². The third-order valence-corrected chi connectivity index (χ3v) is 2.60. The fourth-order valence-electron chi connectivity index (χ4n) is 1.71. The van der Waals surface area contributed by atoms with Gasteiger partial charge < -0.3 is 9.84 Å². The van der Waals surface area contributed by atoms with Crippen molar-refractivity contribution < 1.29 is 14.6 Å². The van der Waals surface area contributed by atoms with Gasteiger partial charge in [0.15, 0.2) is 5.69 Å². The Morgan fingerprint density at radius 1 is 1.43 bits per heavy atom. The zero-order valence-electron chi connectivity index (χ0n) is 12.4. The molecule has 0 fully saturated rings. The van der Waals surface area contributed by atoms with Crippen molar-refractivity contribution in [3.05, 3.63) is 17.8 Å². The SMILES string of the molecule is COc1cc(C(=O)O)cnc1-c1nnn(CC(C)(C)C)n1. The number of hydrogen-bond donors (Lipinski definition) is 1. The van der Waals surface area contributed by atoms with Gasteiger partial charge in [-0.25, -0.2) is 9.78 Å². The van der Waals surface area contributed by atoms with Gasteiger partial charge in [-0.15, -0.1) is 10.2 Å². The van der Waals surface area contributed by atoms with Crippen molar-refractivity contribution in [1.82, 2.24) is 25.2 Å². The average molecular weight is 291 g/mol. The van der Waals surface area contributed by atoms with Gasteiger partial charge in [0, 0.05) is 6.20 Å². The minimum absolute atomic E-state index is 0.0165. The van der Waals surface area contributed by atoms with E-state index in [2.05, 4.69) is 41.2 Å². The monoisotopic (exact) mass is 291 g/mol. The number of nitrogens with zero attached hydrogens (tertiary/aromatic N) is 5. The van der Waals surface area contributed by atoms with Crippen molar-refractivity contribution in [3.8, 4) is 17.3 Å². The summed E-state index contributed by atoms with van der Waals surface area (Å²) in [6.45, 7) is 6.80. The fraction of sp³-hybridized carbons (Fsp3) is 0.462. The van der Waals surface area contributed by atoms with Crippen LogP contribution in [0.2, 0.25) is 0 Å². The highest BCUT2D eigenvalue weighted by Crippen LogP contribution is 2.25. The van der Waals surface area contributed by atoms with Gasteiger partial charge in [0.05, 0.1) is 19.2 Å². The van der Waals surface area contributed by atoms with E-state index in [9.17, 15) is 4.79 Å². The highest BCUT2D eigenvalue weighted by Gasteiger charge is 2.18. The predicted molar refractivity (Wildman–Crippen MR) is 74.0 cm³/mol. The van der Waals surface area contributed by atoms with Crippen molar-refractivity contribution in [2.45, 2.75) is 27.3 Å². The van der Waals surface area contributed by atoms with Gasteiger partial charge in [-0.1, -0.05) is 20.8 Å². The molecule has 2 aromatic rings. The number of hydrogen-bond acceptors (Lipinski definition) is 6. The van der Waals surface area contributed by atoms with Crippen LogP contribution in [-0.4, -0.2) is 43.4 Å². The number of aromatic nitrogens is 5. The molecule has 0 saturated carbocycles. The zero-order chi connectivity index (χ0) is 15.6. The van der Waals surface area contributed by atoms with Crippen molar-refractivity contribution >= 4 is 5.97 Å². The standard InChI is InChI=1S/C13H17N5O3/c1-13(2,3)7-18-16-11(15-17-18)10-9(21-4)5-8(6-14-10)12(19)20/h5-6H,7H2,1-4H3,(H,19,20). The lowest BCUT2D eigenvalue weighted by atomic mass is 9.97. The summed E-state index contributed by atoms with van der Waals surface area (Å²) in [5.74, 6) is -0.477. The molecule has 0 spiro atoms. The Hall–Kier alpha value is -2.51. The smallest absolute Gasteiger partial charge is 0.337 e. The fourth-order valence-corrected chi connectivity index (χ4v) is 1.71. The third-order valence-electron chi connectivity index (χ3n) is 2.60. The van der Waals surface area contributed by atoms with Gasteiger partial charge >= 0.3 is 5.97 Å². The first-order valence-corrected chi connectivity index (χ1v) is 6.35. The van der Waals surface area contributed by atoms with E-state index in [4.69, 9.17) is 9.84 Å². The molecular formula is C13H17N5O3. The van der Waals surface area contributed by atoms with Crippen molar-refractivity contribution in [2.75, 3.05) is 7.11 Å². The molecule has 8 heteroatoms. The first kappa shape index (κ1) is 14.9. The maximum atomic E-state index is 10.9. The average Bonchev–Trinajstić information content (AvgIpc) is 2.83. The predicted octanol–water partition coefficient (Wildman–Crippen LogP) is 1.49. The summed E-state index contributed by atoms with van der Waals surface area (Å²) in [5, 5.41) is 21.1. The maximum Gasteiger partial charge on any atom is 0.337 e. The molecule has 112 valence electrons. The number of pyridine rings is 1. The molecule has 8 nitrogen and oxygen atoms in total. The molecule has 0 unspecified atom stereocenters. The molecule has 2 rings (SSSR count). The molecule has 0 aliphatic rings. The molecular weight excluding hydrogens is 274 g/mol. The largest absolute Gasteiger partial charge is 0.494 e. The summed E-state index contributed by atoms with van der Waals surface area (Å²) in [6.07, 6.45) is 1.24. The Bertz CT molecular complexity index is 660. The lowest BCUT2D eigenvalue weighted by Crippen LogP contribution is -2.17. The molecule has 0 atom stereocenters. The van der Waals surface area contributed by atoms with Crippen LogP contribution in [0.15, 0.2) is 12.3 Å². The third kappa shape index (κ3) is 3.53. The first-order chi connectivity index (χ1) is 9.80. The Labute approximate surface area is 121 Å². The molecule has 0 radical (unpaired) electrons. The summed E-state index contributed by atoms with van der Waals surface area (Å²) in [4.78, 5) is 16.5. The molecule has 2 aromatic heterocycles. The normalized spacial score (nSPS) is 11.4. The molecule has 0 aliphatic carbocycles. The van der Waals surface area contributed by atoms with Gasteiger partial charge in [0.1, 0.15) is 5.75 Å². The van der Waals surface area contributed by atoms with E-state index in [0.717, 1.165) is 0 Å². The number of methoxy groups -OCH3 is 1. The molecule has 0 aliphatic heterocycles. The molecule has 0 bridgehead atoms. The summed E-state index contributed by atoms with van der Waals surface area (Å²) in [7, 11) is 1.44. The van der Waals surface area contributed by atoms with E-state index >= 15 is 0 Å². The summed E-state index contributed by atoms with van der Waals surface area (Å²) in [6, 6.07) is 1.38. The van der Waals surface area contributed by atoms with Crippen molar-refractivity contribution in [1.29, 1.82) is 0 Å². The van der Waals surface area contributed by atoms with E-state index in [1.54, 1.807) is 0 Å². The Morgan fingerprint density at radius 3 is 2.71 bits per heavy atom. The second-order valence-electron chi connectivity index (χ2n) is 5.78. The Morgan fingerprint density at radius 2 is 2.14 bits per heavy atom. The summed E-state index contributed by atoms with van der Waals surface area (Å²) >= 11 is 0. The van der Waals surface area contributed by atoms with Gasteiger partial charge in [-0.05, 0) is 16.7 Å². The molecule has 0 aromatic carbocycles. The first-order valence-electron chi connectivity index (χ1n) is 6.35. The van der Waals surface area contributed by atoms with Crippen LogP contribution < -0.4 is 4.74 Å².